The summed E-state index contributed by atoms with van der Waals surface area (Å²) in [7, 11) is 0. The molecule has 0 unspecified atom stereocenters. The highest BCUT2D eigenvalue weighted by Crippen LogP contribution is 2.36. The first-order valence-corrected chi connectivity index (χ1v) is 9.73. The zero-order valence-corrected chi connectivity index (χ0v) is 16.3. The highest BCUT2D eigenvalue weighted by molar-refractivity contribution is 6.03. The topological polar surface area (TPSA) is 88.9 Å². The third-order valence-electron chi connectivity index (χ3n) is 5.62. The number of carbonyl (C=O) groups excluding carboxylic acids is 2. The maximum atomic E-state index is 12.5. The zero-order valence-electron chi connectivity index (χ0n) is 16.3. The second kappa shape index (κ2) is 7.87. The number of carbonyl (C=O) groups is 2. The second-order valence-electron chi connectivity index (χ2n) is 7.25. The Labute approximate surface area is 169 Å². The van der Waals surface area contributed by atoms with E-state index in [2.05, 4.69) is 20.7 Å². The number of anilines is 1. The molecule has 7 heteroatoms. The van der Waals surface area contributed by atoms with Crippen LogP contribution in [0, 0.1) is 0 Å². The van der Waals surface area contributed by atoms with Crippen LogP contribution >= 0.6 is 0 Å². The van der Waals surface area contributed by atoms with Gasteiger partial charge in [-0.2, -0.15) is 5.10 Å². The minimum Gasteiger partial charge on any atom is -0.381 e. The van der Waals surface area contributed by atoms with Crippen LogP contribution in [0.1, 0.15) is 37.3 Å². The summed E-state index contributed by atoms with van der Waals surface area (Å²) in [5.74, 6) is -0.378. The van der Waals surface area contributed by atoms with Crippen LogP contribution in [0.3, 0.4) is 0 Å². The number of nitrogens with one attached hydrogen (secondary N) is 2. The van der Waals surface area contributed by atoms with E-state index in [0.717, 1.165) is 22.5 Å². The minimum absolute atomic E-state index is 0.188. The summed E-state index contributed by atoms with van der Waals surface area (Å²) in [5, 5.41) is 10.0. The molecule has 1 aromatic heterocycles. The van der Waals surface area contributed by atoms with Crippen LogP contribution in [0.2, 0.25) is 0 Å². The first-order chi connectivity index (χ1) is 14.1. The zero-order chi connectivity index (χ0) is 20.3. The average Bonchev–Trinajstić information content (AvgIpc) is 3.29. The molecule has 2 aromatic carbocycles. The van der Waals surface area contributed by atoms with Crippen molar-refractivity contribution in [2.24, 2.45) is 0 Å². The molecule has 2 heterocycles. The number of imide groups is 1. The van der Waals surface area contributed by atoms with Gasteiger partial charge in [0.15, 0.2) is 0 Å². The van der Waals surface area contributed by atoms with E-state index in [4.69, 9.17) is 0 Å². The van der Waals surface area contributed by atoms with E-state index in [-0.39, 0.29) is 11.8 Å². The van der Waals surface area contributed by atoms with Crippen molar-refractivity contribution in [3.8, 4) is 5.69 Å². The van der Waals surface area contributed by atoms with Crippen molar-refractivity contribution < 1.29 is 9.59 Å². The smallest absolute Gasteiger partial charge is 0.237 e. The molecule has 3 aromatic rings. The molecule has 0 aliphatic carbocycles. The molecule has 0 radical (unpaired) electrons. The van der Waals surface area contributed by atoms with E-state index in [1.807, 2.05) is 55.5 Å². The van der Waals surface area contributed by atoms with Crippen LogP contribution in [-0.2, 0) is 21.5 Å². The van der Waals surface area contributed by atoms with Crippen LogP contribution in [-0.4, -0.2) is 26.6 Å². The molecule has 1 aliphatic rings. The number of aromatic nitrogens is 3. The van der Waals surface area contributed by atoms with Gasteiger partial charge in [-0.15, -0.1) is 0 Å². The molecule has 148 valence electrons. The SMILES string of the molecule is CC[C@@]1(c2ccc(NCc3ccc(-n4cncn4)cc3)cc2)CCC(=O)NC1=O. The van der Waals surface area contributed by atoms with E-state index in [1.165, 1.54) is 6.33 Å². The normalized spacial score (nSPS) is 19.1. The van der Waals surface area contributed by atoms with E-state index >= 15 is 0 Å². The summed E-state index contributed by atoms with van der Waals surface area (Å²) < 4.78 is 1.72. The molecular weight excluding hydrogens is 366 g/mol. The standard InChI is InChI=1S/C22H23N5O2/c1-2-22(12-11-20(28)26-21(22)29)17-5-7-18(8-6-17)24-13-16-3-9-19(10-4-16)27-15-23-14-25-27/h3-10,14-15,24H,2,11-13H2,1H3,(H,26,28,29)/t22-/m0/s1. The molecule has 4 rings (SSSR count). The lowest BCUT2D eigenvalue weighted by Crippen LogP contribution is -2.51. The van der Waals surface area contributed by atoms with Crippen molar-refractivity contribution in [2.45, 2.75) is 38.1 Å². The number of amides is 2. The minimum atomic E-state index is -0.621. The number of benzene rings is 2. The fourth-order valence-corrected chi connectivity index (χ4v) is 3.79. The molecule has 2 N–H and O–H groups in total. The highest BCUT2D eigenvalue weighted by atomic mass is 16.2. The molecule has 1 saturated heterocycles. The van der Waals surface area contributed by atoms with Gasteiger partial charge in [-0.25, -0.2) is 9.67 Å². The lowest BCUT2D eigenvalue weighted by Gasteiger charge is -2.35. The van der Waals surface area contributed by atoms with Gasteiger partial charge in [-0.3, -0.25) is 14.9 Å². The van der Waals surface area contributed by atoms with Crippen LogP contribution < -0.4 is 10.6 Å². The fourth-order valence-electron chi connectivity index (χ4n) is 3.79. The Hall–Kier alpha value is -3.48. The largest absolute Gasteiger partial charge is 0.381 e. The molecule has 1 fully saturated rings. The Morgan fingerprint density at radius 1 is 1.10 bits per heavy atom. The molecule has 0 saturated carbocycles. The quantitative estimate of drug-likeness (QED) is 0.633. The van der Waals surface area contributed by atoms with Gasteiger partial charge in [-0.1, -0.05) is 31.2 Å². The number of nitrogens with zero attached hydrogens (tertiary/aromatic N) is 3. The predicted molar refractivity (Wildman–Crippen MR) is 109 cm³/mol. The Bertz CT molecular complexity index is 997. The van der Waals surface area contributed by atoms with E-state index in [9.17, 15) is 9.59 Å². The van der Waals surface area contributed by atoms with E-state index in [0.29, 0.717) is 25.8 Å². The molecule has 29 heavy (non-hydrogen) atoms. The van der Waals surface area contributed by atoms with Gasteiger partial charge in [0.2, 0.25) is 11.8 Å². The molecule has 2 amide bonds. The maximum Gasteiger partial charge on any atom is 0.237 e. The van der Waals surface area contributed by atoms with E-state index < -0.39 is 5.41 Å². The number of hydrogen-bond acceptors (Lipinski definition) is 5. The third-order valence-corrected chi connectivity index (χ3v) is 5.62. The Morgan fingerprint density at radius 2 is 1.86 bits per heavy atom. The van der Waals surface area contributed by atoms with Crippen LogP contribution in [0.5, 0.6) is 0 Å². The lowest BCUT2D eigenvalue weighted by molar-refractivity contribution is -0.138. The van der Waals surface area contributed by atoms with Gasteiger partial charge >= 0.3 is 0 Å². The van der Waals surface area contributed by atoms with Crippen molar-refractivity contribution in [3.63, 3.8) is 0 Å². The monoisotopic (exact) mass is 389 g/mol. The third kappa shape index (κ3) is 3.76. The fraction of sp³-hybridized carbons (Fsp3) is 0.273. The molecule has 1 atom stereocenters. The summed E-state index contributed by atoms with van der Waals surface area (Å²) in [6, 6.07) is 16.0. The van der Waals surface area contributed by atoms with E-state index in [1.54, 1.807) is 11.0 Å². The van der Waals surface area contributed by atoms with Gasteiger partial charge in [0, 0.05) is 18.7 Å². The lowest BCUT2D eigenvalue weighted by atomic mass is 9.72. The molecular formula is C22H23N5O2. The average molecular weight is 389 g/mol. The van der Waals surface area contributed by atoms with Crippen molar-refractivity contribution in [2.75, 3.05) is 5.32 Å². The summed E-state index contributed by atoms with van der Waals surface area (Å²) >= 11 is 0. The van der Waals surface area contributed by atoms with Gasteiger partial charge in [0.05, 0.1) is 11.1 Å². The van der Waals surface area contributed by atoms with Gasteiger partial charge in [-0.05, 0) is 48.2 Å². The first kappa shape index (κ1) is 18.9. The number of piperidine rings is 1. The highest BCUT2D eigenvalue weighted by Gasteiger charge is 2.42. The number of rotatable bonds is 6. The predicted octanol–water partition coefficient (Wildman–Crippen LogP) is 2.96. The summed E-state index contributed by atoms with van der Waals surface area (Å²) in [6.45, 7) is 2.68. The molecule has 1 aliphatic heterocycles. The van der Waals surface area contributed by atoms with Crippen LogP contribution in [0.4, 0.5) is 5.69 Å². The van der Waals surface area contributed by atoms with Crippen molar-refractivity contribution in [3.05, 3.63) is 72.3 Å². The van der Waals surface area contributed by atoms with Crippen LogP contribution in [0.15, 0.2) is 61.2 Å². The summed E-state index contributed by atoms with van der Waals surface area (Å²) in [5.41, 5.74) is 3.42. The molecule has 0 spiro atoms. The molecule has 0 bridgehead atoms. The Kier molecular flexibility index (Phi) is 5.12. The first-order valence-electron chi connectivity index (χ1n) is 9.73. The van der Waals surface area contributed by atoms with Gasteiger partial charge in [0.1, 0.15) is 12.7 Å². The summed E-state index contributed by atoms with van der Waals surface area (Å²) in [6.07, 6.45) is 4.78. The second-order valence-corrected chi connectivity index (χ2v) is 7.25. The molecule has 7 nitrogen and oxygen atoms in total. The van der Waals surface area contributed by atoms with Crippen molar-refractivity contribution in [1.82, 2.24) is 20.1 Å². The van der Waals surface area contributed by atoms with Crippen LogP contribution in [0.25, 0.3) is 5.69 Å². The number of hydrogen-bond donors (Lipinski definition) is 2. The van der Waals surface area contributed by atoms with Crippen molar-refractivity contribution in [1.29, 1.82) is 0 Å². The van der Waals surface area contributed by atoms with Gasteiger partial charge < -0.3 is 5.32 Å². The summed E-state index contributed by atoms with van der Waals surface area (Å²) in [4.78, 5) is 28.0. The van der Waals surface area contributed by atoms with Crippen molar-refractivity contribution >= 4 is 17.5 Å². The Morgan fingerprint density at radius 3 is 2.48 bits per heavy atom. The Balaban J connectivity index is 1.42. The maximum absolute atomic E-state index is 12.5. The van der Waals surface area contributed by atoms with Gasteiger partial charge in [0.25, 0.3) is 0 Å².